The lowest BCUT2D eigenvalue weighted by molar-refractivity contribution is -0.141. The monoisotopic (exact) mass is 248 g/mol. The first-order valence-corrected chi connectivity index (χ1v) is 4.69. The summed E-state index contributed by atoms with van der Waals surface area (Å²) < 4.78 is 37.1. The number of hydrogen-bond acceptors (Lipinski definition) is 2. The van der Waals surface area contributed by atoms with Crippen molar-refractivity contribution in [3.05, 3.63) is 28.5 Å². The number of pyridine rings is 1. The summed E-state index contributed by atoms with van der Waals surface area (Å²) in [6, 6.07) is 2.16. The first-order valence-electron chi connectivity index (χ1n) is 4.31. The zero-order valence-electron chi connectivity index (χ0n) is 8.32. The lowest BCUT2D eigenvalue weighted by Gasteiger charge is -2.05. The van der Waals surface area contributed by atoms with Crippen molar-refractivity contribution in [3.63, 3.8) is 0 Å². The molecule has 0 bridgehead atoms. The van der Waals surface area contributed by atoms with Gasteiger partial charge in [-0.2, -0.15) is 13.2 Å². The normalized spacial score (nSPS) is 10.8. The van der Waals surface area contributed by atoms with Crippen LogP contribution >= 0.6 is 11.6 Å². The fourth-order valence-corrected chi connectivity index (χ4v) is 1.16. The molecular formula is C10H8ClF3N2. The van der Waals surface area contributed by atoms with Gasteiger partial charge in [0.25, 0.3) is 0 Å². The molecule has 0 atom stereocenters. The molecule has 86 valence electrons. The van der Waals surface area contributed by atoms with Crippen LogP contribution in [-0.2, 0) is 6.18 Å². The molecule has 0 aliphatic carbocycles. The van der Waals surface area contributed by atoms with Gasteiger partial charge >= 0.3 is 6.18 Å². The minimum atomic E-state index is -4.51. The predicted octanol–water partition coefficient (Wildman–Crippen LogP) is 2.32. The van der Waals surface area contributed by atoms with Gasteiger partial charge in [0, 0.05) is 5.56 Å². The van der Waals surface area contributed by atoms with E-state index in [4.69, 9.17) is 11.6 Å². The van der Waals surface area contributed by atoms with Gasteiger partial charge in [0.05, 0.1) is 6.54 Å². The topological polar surface area (TPSA) is 24.9 Å². The zero-order valence-corrected chi connectivity index (χ0v) is 9.08. The van der Waals surface area contributed by atoms with Gasteiger partial charge in [0.15, 0.2) is 0 Å². The standard InChI is InChI=1S/C10H8ClF3N2/c1-15-4-2-3-7-5-8(10(12,13)14)16-9(11)6-7/h5-6,15H,4H2,1H3. The van der Waals surface area contributed by atoms with Crippen LogP contribution in [-0.4, -0.2) is 18.6 Å². The van der Waals surface area contributed by atoms with Gasteiger partial charge in [-0.15, -0.1) is 0 Å². The first-order chi connectivity index (χ1) is 7.43. The van der Waals surface area contributed by atoms with E-state index >= 15 is 0 Å². The molecular weight excluding hydrogens is 241 g/mol. The molecule has 1 aromatic heterocycles. The van der Waals surface area contributed by atoms with Gasteiger partial charge in [-0.05, 0) is 19.2 Å². The van der Waals surface area contributed by atoms with Crippen LogP contribution in [0.2, 0.25) is 5.15 Å². The average Bonchev–Trinajstić information content (AvgIpc) is 2.16. The Balaban J connectivity index is 3.05. The van der Waals surface area contributed by atoms with E-state index in [1.165, 1.54) is 6.07 Å². The van der Waals surface area contributed by atoms with E-state index in [2.05, 4.69) is 22.1 Å². The fraction of sp³-hybridized carbons (Fsp3) is 0.300. The summed E-state index contributed by atoms with van der Waals surface area (Å²) in [6.45, 7) is 0.390. The molecule has 0 amide bonds. The quantitative estimate of drug-likeness (QED) is 0.609. The van der Waals surface area contributed by atoms with Gasteiger partial charge in [0.2, 0.25) is 0 Å². The molecule has 1 aromatic rings. The van der Waals surface area contributed by atoms with Crippen LogP contribution in [0, 0.1) is 11.8 Å². The summed E-state index contributed by atoms with van der Waals surface area (Å²) in [4.78, 5) is 3.19. The molecule has 1 N–H and O–H groups in total. The largest absolute Gasteiger partial charge is 0.433 e. The zero-order chi connectivity index (χ0) is 12.2. The van der Waals surface area contributed by atoms with Crippen molar-refractivity contribution >= 4 is 11.6 Å². The Bertz CT molecular complexity index is 432. The van der Waals surface area contributed by atoms with Crippen molar-refractivity contribution < 1.29 is 13.2 Å². The third kappa shape index (κ3) is 3.72. The molecule has 0 fully saturated rings. The lowest BCUT2D eigenvalue weighted by atomic mass is 10.2. The summed E-state index contributed by atoms with van der Waals surface area (Å²) in [6.07, 6.45) is -4.51. The molecule has 6 heteroatoms. The van der Waals surface area contributed by atoms with Crippen molar-refractivity contribution in [1.82, 2.24) is 10.3 Å². The van der Waals surface area contributed by atoms with Gasteiger partial charge in [-0.1, -0.05) is 23.4 Å². The molecule has 1 rings (SSSR count). The summed E-state index contributed by atoms with van der Waals surface area (Å²) in [5.41, 5.74) is -0.837. The van der Waals surface area contributed by atoms with E-state index in [0.717, 1.165) is 6.07 Å². The van der Waals surface area contributed by atoms with Gasteiger partial charge in [-0.25, -0.2) is 4.98 Å². The highest BCUT2D eigenvalue weighted by Gasteiger charge is 2.33. The van der Waals surface area contributed by atoms with E-state index in [0.29, 0.717) is 6.54 Å². The van der Waals surface area contributed by atoms with E-state index in [9.17, 15) is 13.2 Å². The van der Waals surface area contributed by atoms with Crippen LogP contribution in [0.3, 0.4) is 0 Å². The Hall–Kier alpha value is -1.25. The molecule has 1 heterocycles. The number of aromatic nitrogens is 1. The highest BCUT2D eigenvalue weighted by Crippen LogP contribution is 2.29. The van der Waals surface area contributed by atoms with Crippen molar-refractivity contribution in [2.75, 3.05) is 13.6 Å². The Labute approximate surface area is 95.8 Å². The van der Waals surface area contributed by atoms with Gasteiger partial charge in [-0.3, -0.25) is 0 Å². The second kappa shape index (κ2) is 5.19. The number of rotatable bonds is 1. The molecule has 0 aliphatic heterocycles. The highest BCUT2D eigenvalue weighted by atomic mass is 35.5. The first kappa shape index (κ1) is 12.8. The molecule has 0 saturated heterocycles. The van der Waals surface area contributed by atoms with E-state index in [1.54, 1.807) is 7.05 Å². The Morgan fingerprint density at radius 1 is 1.44 bits per heavy atom. The van der Waals surface area contributed by atoms with E-state index < -0.39 is 11.9 Å². The molecule has 0 unspecified atom stereocenters. The average molecular weight is 249 g/mol. The summed E-state index contributed by atoms with van der Waals surface area (Å²) in [5.74, 6) is 5.20. The second-order valence-corrected chi connectivity index (χ2v) is 3.28. The maximum absolute atomic E-state index is 12.4. The van der Waals surface area contributed by atoms with E-state index in [-0.39, 0.29) is 10.7 Å². The number of nitrogens with one attached hydrogen (secondary N) is 1. The van der Waals surface area contributed by atoms with Crippen LogP contribution in [0.5, 0.6) is 0 Å². The summed E-state index contributed by atoms with van der Waals surface area (Å²) in [7, 11) is 1.69. The van der Waals surface area contributed by atoms with Crippen LogP contribution in [0.1, 0.15) is 11.3 Å². The Kier molecular flexibility index (Phi) is 4.16. The molecule has 0 spiro atoms. The minimum Gasteiger partial charge on any atom is -0.309 e. The Morgan fingerprint density at radius 2 is 2.12 bits per heavy atom. The number of halogens is 4. The van der Waals surface area contributed by atoms with Gasteiger partial charge < -0.3 is 5.32 Å². The van der Waals surface area contributed by atoms with Crippen molar-refractivity contribution in [3.8, 4) is 11.8 Å². The third-order valence-corrected chi connectivity index (χ3v) is 1.78. The highest BCUT2D eigenvalue weighted by molar-refractivity contribution is 6.29. The van der Waals surface area contributed by atoms with Crippen LogP contribution in [0.15, 0.2) is 12.1 Å². The number of nitrogens with zero attached hydrogens (tertiary/aromatic N) is 1. The Morgan fingerprint density at radius 3 is 2.69 bits per heavy atom. The molecule has 16 heavy (non-hydrogen) atoms. The van der Waals surface area contributed by atoms with Gasteiger partial charge in [0.1, 0.15) is 10.8 Å². The molecule has 0 saturated carbocycles. The summed E-state index contributed by atoms with van der Waals surface area (Å²) >= 11 is 5.47. The van der Waals surface area contributed by atoms with Crippen LogP contribution in [0.25, 0.3) is 0 Å². The van der Waals surface area contributed by atoms with Crippen LogP contribution < -0.4 is 5.32 Å². The van der Waals surface area contributed by atoms with Crippen molar-refractivity contribution in [1.29, 1.82) is 0 Å². The predicted molar refractivity (Wildman–Crippen MR) is 55.1 cm³/mol. The van der Waals surface area contributed by atoms with Crippen molar-refractivity contribution in [2.24, 2.45) is 0 Å². The molecule has 0 aromatic carbocycles. The second-order valence-electron chi connectivity index (χ2n) is 2.89. The molecule has 0 radical (unpaired) electrons. The number of hydrogen-bond donors (Lipinski definition) is 1. The maximum Gasteiger partial charge on any atom is 0.433 e. The smallest absolute Gasteiger partial charge is 0.309 e. The third-order valence-electron chi connectivity index (χ3n) is 1.58. The van der Waals surface area contributed by atoms with Crippen LogP contribution in [0.4, 0.5) is 13.2 Å². The summed E-state index contributed by atoms with van der Waals surface area (Å²) in [5, 5.41) is 2.53. The van der Waals surface area contributed by atoms with Crippen molar-refractivity contribution in [2.45, 2.75) is 6.18 Å². The minimum absolute atomic E-state index is 0.197. The fourth-order valence-electron chi connectivity index (χ4n) is 0.949. The van der Waals surface area contributed by atoms with E-state index in [1.807, 2.05) is 0 Å². The maximum atomic E-state index is 12.4. The lowest BCUT2D eigenvalue weighted by Crippen LogP contribution is -2.08. The number of alkyl halides is 3. The molecule has 0 aliphatic rings. The SMILES string of the molecule is CNCC#Cc1cc(Cl)nc(C(F)(F)F)c1. The molecule has 2 nitrogen and oxygen atoms in total.